The van der Waals surface area contributed by atoms with Crippen molar-refractivity contribution in [1.29, 1.82) is 0 Å². The van der Waals surface area contributed by atoms with Gasteiger partial charge in [0.15, 0.2) is 0 Å². The average Bonchev–Trinajstić information content (AvgIpc) is 2.91. The Bertz CT molecular complexity index is 697. The molecule has 148 valence electrons. The molecule has 7 nitrogen and oxygen atoms in total. The zero-order chi connectivity index (χ0) is 19.6. The number of pyridine rings is 1. The summed E-state index contributed by atoms with van der Waals surface area (Å²) in [5.74, 6) is 1.15. The molecule has 0 saturated carbocycles. The molecule has 1 spiro atoms. The number of anilines is 1. The Kier molecular flexibility index (Phi) is 5.69. The molecule has 7 heteroatoms. The fraction of sp³-hybridized carbons (Fsp3) is 0.650. The second kappa shape index (κ2) is 7.84. The number of hydrogen-bond acceptors (Lipinski definition) is 5. The van der Waals surface area contributed by atoms with Crippen LogP contribution >= 0.6 is 0 Å². The van der Waals surface area contributed by atoms with E-state index in [4.69, 9.17) is 0 Å². The highest BCUT2D eigenvalue weighted by Crippen LogP contribution is 2.40. The first-order valence-electron chi connectivity index (χ1n) is 9.69. The van der Waals surface area contributed by atoms with E-state index >= 15 is 0 Å². The molecule has 1 aromatic rings. The van der Waals surface area contributed by atoms with Gasteiger partial charge in [-0.05, 0) is 25.3 Å². The lowest BCUT2D eigenvalue weighted by Crippen LogP contribution is -2.52. The van der Waals surface area contributed by atoms with Gasteiger partial charge in [-0.15, -0.1) is 0 Å². The third kappa shape index (κ3) is 4.24. The summed E-state index contributed by atoms with van der Waals surface area (Å²) in [7, 11) is 4.02. The monoisotopic (exact) mass is 373 g/mol. The Hall–Kier alpha value is -2.15. The molecule has 1 N–H and O–H groups in total. The van der Waals surface area contributed by atoms with Gasteiger partial charge in [0.2, 0.25) is 11.8 Å². The minimum absolute atomic E-state index is 0.0218. The highest BCUT2D eigenvalue weighted by Gasteiger charge is 2.47. The first-order chi connectivity index (χ1) is 12.8. The highest BCUT2D eigenvalue weighted by molar-refractivity contribution is 5.73. The standard InChI is InChI=1S/C20H31N5O2/c1-15(26)22-18-12-20(7-10-24(11-8-20)16(2)27)25(14-18)13-17-6-5-9-21-19(17)23(3)4/h5-6,9,18H,7-8,10-14H2,1-4H3,(H,22,26)/t18-/m0/s1. The van der Waals surface area contributed by atoms with E-state index in [2.05, 4.69) is 21.3 Å². The Morgan fingerprint density at radius 3 is 2.59 bits per heavy atom. The van der Waals surface area contributed by atoms with Gasteiger partial charge in [0, 0.05) is 77.5 Å². The van der Waals surface area contributed by atoms with Crippen LogP contribution in [-0.4, -0.2) is 71.9 Å². The smallest absolute Gasteiger partial charge is 0.219 e. The van der Waals surface area contributed by atoms with Crippen LogP contribution in [0.15, 0.2) is 18.3 Å². The number of hydrogen-bond donors (Lipinski definition) is 1. The van der Waals surface area contributed by atoms with Gasteiger partial charge in [-0.2, -0.15) is 0 Å². The summed E-state index contributed by atoms with van der Waals surface area (Å²) in [6, 6.07) is 4.27. The normalized spacial score (nSPS) is 22.1. The van der Waals surface area contributed by atoms with Crippen LogP contribution in [0.4, 0.5) is 5.82 Å². The van der Waals surface area contributed by atoms with Crippen molar-refractivity contribution in [2.75, 3.05) is 38.6 Å². The fourth-order valence-corrected chi connectivity index (χ4v) is 4.65. The van der Waals surface area contributed by atoms with Crippen LogP contribution in [0.25, 0.3) is 0 Å². The summed E-state index contributed by atoms with van der Waals surface area (Å²) in [6.45, 7) is 6.43. The molecule has 3 rings (SSSR count). The minimum atomic E-state index is 0.0218. The van der Waals surface area contributed by atoms with Crippen molar-refractivity contribution in [2.45, 2.75) is 51.2 Å². The van der Waals surface area contributed by atoms with Crippen molar-refractivity contribution in [3.63, 3.8) is 0 Å². The van der Waals surface area contributed by atoms with Gasteiger partial charge in [0.25, 0.3) is 0 Å². The average molecular weight is 374 g/mol. The zero-order valence-electron chi connectivity index (χ0n) is 16.9. The van der Waals surface area contributed by atoms with Crippen LogP contribution in [0, 0.1) is 0 Å². The summed E-state index contributed by atoms with van der Waals surface area (Å²) in [6.07, 6.45) is 4.65. The third-order valence-electron chi connectivity index (χ3n) is 5.94. The van der Waals surface area contributed by atoms with Gasteiger partial charge in [-0.3, -0.25) is 14.5 Å². The molecular formula is C20H31N5O2. The van der Waals surface area contributed by atoms with E-state index in [0.717, 1.165) is 51.3 Å². The van der Waals surface area contributed by atoms with Crippen molar-refractivity contribution in [1.82, 2.24) is 20.1 Å². The molecule has 0 unspecified atom stereocenters. The minimum Gasteiger partial charge on any atom is -0.362 e. The van der Waals surface area contributed by atoms with Gasteiger partial charge in [0.1, 0.15) is 5.82 Å². The van der Waals surface area contributed by atoms with Gasteiger partial charge in [-0.1, -0.05) is 6.07 Å². The maximum Gasteiger partial charge on any atom is 0.219 e. The van der Waals surface area contributed by atoms with Crippen molar-refractivity contribution in [3.05, 3.63) is 23.9 Å². The predicted molar refractivity (Wildman–Crippen MR) is 105 cm³/mol. The SMILES string of the molecule is CC(=O)N[C@@H]1CN(Cc2cccnc2N(C)C)C2(CCN(C(C)=O)CC2)C1. The molecule has 3 heterocycles. The Morgan fingerprint density at radius 2 is 2.00 bits per heavy atom. The Morgan fingerprint density at radius 1 is 1.30 bits per heavy atom. The second-order valence-corrected chi connectivity index (χ2v) is 8.09. The van der Waals surface area contributed by atoms with E-state index in [1.165, 1.54) is 5.56 Å². The van der Waals surface area contributed by atoms with Crippen LogP contribution in [0.3, 0.4) is 0 Å². The van der Waals surface area contributed by atoms with Gasteiger partial charge in [0.05, 0.1) is 0 Å². The molecule has 2 aliphatic rings. The maximum atomic E-state index is 11.7. The summed E-state index contributed by atoms with van der Waals surface area (Å²) in [5.41, 5.74) is 1.22. The molecular weight excluding hydrogens is 342 g/mol. The van der Waals surface area contributed by atoms with E-state index < -0.39 is 0 Å². The second-order valence-electron chi connectivity index (χ2n) is 8.09. The first kappa shape index (κ1) is 19.6. The Balaban J connectivity index is 1.82. The van der Waals surface area contributed by atoms with Crippen molar-refractivity contribution in [3.8, 4) is 0 Å². The predicted octanol–water partition coefficient (Wildman–Crippen LogP) is 1.24. The van der Waals surface area contributed by atoms with Gasteiger partial charge < -0.3 is 15.1 Å². The Labute approximate surface area is 161 Å². The first-order valence-corrected chi connectivity index (χ1v) is 9.69. The number of nitrogens with zero attached hydrogens (tertiary/aromatic N) is 4. The largest absolute Gasteiger partial charge is 0.362 e. The van der Waals surface area contributed by atoms with Crippen LogP contribution < -0.4 is 10.2 Å². The topological polar surface area (TPSA) is 68.8 Å². The van der Waals surface area contributed by atoms with Crippen LogP contribution in [0.1, 0.15) is 38.7 Å². The molecule has 2 aliphatic heterocycles. The van der Waals surface area contributed by atoms with E-state index in [1.807, 2.05) is 36.2 Å². The highest BCUT2D eigenvalue weighted by atomic mass is 16.2. The quantitative estimate of drug-likeness (QED) is 0.860. The number of carbonyl (C=O) groups is 2. The number of piperidine rings is 1. The lowest BCUT2D eigenvalue weighted by Gasteiger charge is -2.45. The molecule has 0 bridgehead atoms. The van der Waals surface area contributed by atoms with Gasteiger partial charge >= 0.3 is 0 Å². The van der Waals surface area contributed by atoms with Crippen molar-refractivity contribution >= 4 is 17.6 Å². The lowest BCUT2D eigenvalue weighted by atomic mass is 9.84. The molecule has 0 aliphatic carbocycles. The molecule has 2 amide bonds. The number of amides is 2. The summed E-state index contributed by atoms with van der Waals surface area (Å²) >= 11 is 0. The molecule has 1 aromatic heterocycles. The number of rotatable bonds is 4. The summed E-state index contributed by atoms with van der Waals surface area (Å²) < 4.78 is 0. The number of likely N-dealkylation sites (tertiary alicyclic amines) is 2. The van der Waals surface area contributed by atoms with E-state index in [-0.39, 0.29) is 23.4 Å². The lowest BCUT2D eigenvalue weighted by molar-refractivity contribution is -0.131. The number of carbonyl (C=O) groups excluding carboxylic acids is 2. The van der Waals surface area contributed by atoms with Crippen LogP contribution in [-0.2, 0) is 16.1 Å². The summed E-state index contributed by atoms with van der Waals surface area (Å²) in [5, 5.41) is 3.11. The molecule has 1 atom stereocenters. The molecule has 0 aromatic carbocycles. The zero-order valence-corrected chi connectivity index (χ0v) is 16.9. The van der Waals surface area contributed by atoms with Gasteiger partial charge in [-0.25, -0.2) is 4.98 Å². The number of aromatic nitrogens is 1. The number of nitrogens with one attached hydrogen (secondary N) is 1. The van der Waals surface area contributed by atoms with E-state index in [0.29, 0.717) is 0 Å². The van der Waals surface area contributed by atoms with E-state index in [9.17, 15) is 9.59 Å². The van der Waals surface area contributed by atoms with E-state index in [1.54, 1.807) is 13.8 Å². The van der Waals surface area contributed by atoms with Crippen LogP contribution in [0.2, 0.25) is 0 Å². The van der Waals surface area contributed by atoms with Crippen molar-refractivity contribution < 1.29 is 9.59 Å². The van der Waals surface area contributed by atoms with Crippen LogP contribution in [0.5, 0.6) is 0 Å². The summed E-state index contributed by atoms with van der Waals surface area (Å²) in [4.78, 5) is 34.4. The molecule has 0 radical (unpaired) electrons. The third-order valence-corrected chi connectivity index (χ3v) is 5.94. The fourth-order valence-electron chi connectivity index (χ4n) is 4.65. The molecule has 27 heavy (non-hydrogen) atoms. The molecule has 2 saturated heterocycles. The molecule has 2 fully saturated rings. The maximum absolute atomic E-state index is 11.7. The van der Waals surface area contributed by atoms with Crippen molar-refractivity contribution in [2.24, 2.45) is 0 Å².